The molecule has 0 aliphatic heterocycles. The van der Waals surface area contributed by atoms with Crippen molar-refractivity contribution in [1.29, 1.82) is 0 Å². The summed E-state index contributed by atoms with van der Waals surface area (Å²) >= 11 is 0. The van der Waals surface area contributed by atoms with E-state index in [4.69, 9.17) is 0 Å². The first-order valence-corrected chi connectivity index (χ1v) is 10.9. The van der Waals surface area contributed by atoms with Crippen LogP contribution in [0.25, 0.3) is 11.1 Å². The monoisotopic (exact) mass is 482 g/mol. The van der Waals surface area contributed by atoms with E-state index in [1.54, 1.807) is 6.07 Å². The average molecular weight is 482 g/mol. The Bertz CT molecular complexity index is 1200. The van der Waals surface area contributed by atoms with Gasteiger partial charge in [0.15, 0.2) is 11.6 Å². The fourth-order valence-corrected chi connectivity index (χ4v) is 4.58. The normalized spacial score (nSPS) is 15.8. The highest BCUT2D eigenvalue weighted by molar-refractivity contribution is 5.68. The number of halogens is 7. The molecule has 0 saturated heterocycles. The number of aryl methyl sites for hydroxylation is 1. The fourth-order valence-electron chi connectivity index (χ4n) is 4.58. The molecule has 0 saturated carbocycles. The van der Waals surface area contributed by atoms with Gasteiger partial charge >= 0.3 is 6.36 Å². The maximum absolute atomic E-state index is 15.3. The highest BCUT2D eigenvalue weighted by Gasteiger charge is 2.33. The lowest BCUT2D eigenvalue weighted by Crippen LogP contribution is -2.19. The van der Waals surface area contributed by atoms with Gasteiger partial charge in [-0.3, -0.25) is 0 Å². The molecule has 1 aliphatic carbocycles. The van der Waals surface area contributed by atoms with Crippen LogP contribution in [0.3, 0.4) is 0 Å². The van der Waals surface area contributed by atoms with Crippen molar-refractivity contribution in [2.75, 3.05) is 0 Å². The standard InChI is InChI=1S/C26H21F7O/c1-2-3-14-4-10-18(21(27)12-14)16-7-11-19-20(13-16)24(29)25(30)22(23(19)28)15-5-8-17(9-6-15)34-26(31,32)33/h4-6,8-10,12,16H,2-3,7,11,13H2,1H3. The molecule has 0 radical (unpaired) electrons. The molecule has 0 bridgehead atoms. The molecule has 0 fully saturated rings. The minimum Gasteiger partial charge on any atom is -0.406 e. The zero-order chi connectivity index (χ0) is 24.6. The van der Waals surface area contributed by atoms with Crippen molar-refractivity contribution in [1.82, 2.24) is 0 Å². The first-order chi connectivity index (χ1) is 16.1. The molecule has 3 aromatic rings. The molecular formula is C26H21F7O. The van der Waals surface area contributed by atoms with Crippen LogP contribution in [-0.2, 0) is 19.3 Å². The number of hydrogen-bond donors (Lipinski definition) is 0. The Kier molecular flexibility index (Phi) is 6.60. The molecule has 4 rings (SSSR count). The second-order valence-corrected chi connectivity index (χ2v) is 8.39. The highest BCUT2D eigenvalue weighted by atomic mass is 19.4. The predicted molar refractivity (Wildman–Crippen MR) is 114 cm³/mol. The number of alkyl halides is 3. The Morgan fingerprint density at radius 3 is 2.21 bits per heavy atom. The molecule has 8 heteroatoms. The molecule has 0 aromatic heterocycles. The Morgan fingerprint density at radius 2 is 1.59 bits per heavy atom. The van der Waals surface area contributed by atoms with Crippen LogP contribution in [0.4, 0.5) is 30.7 Å². The number of benzene rings is 3. The summed E-state index contributed by atoms with van der Waals surface area (Å²) in [5.41, 5.74) is 0.330. The predicted octanol–water partition coefficient (Wildman–Crippen LogP) is 8.03. The van der Waals surface area contributed by atoms with E-state index in [1.165, 1.54) is 6.07 Å². The minimum atomic E-state index is -4.91. The quantitative estimate of drug-likeness (QED) is 0.264. The summed E-state index contributed by atoms with van der Waals surface area (Å²) in [4.78, 5) is 0. The van der Waals surface area contributed by atoms with E-state index in [9.17, 15) is 22.0 Å². The summed E-state index contributed by atoms with van der Waals surface area (Å²) in [6.45, 7) is 1.98. The van der Waals surface area contributed by atoms with Crippen molar-refractivity contribution < 1.29 is 35.5 Å². The molecule has 0 heterocycles. The summed E-state index contributed by atoms with van der Waals surface area (Å²) in [6.07, 6.45) is -2.97. The third-order valence-corrected chi connectivity index (χ3v) is 6.14. The largest absolute Gasteiger partial charge is 0.573 e. The Balaban J connectivity index is 1.66. The summed E-state index contributed by atoms with van der Waals surface area (Å²) < 4.78 is 101. The summed E-state index contributed by atoms with van der Waals surface area (Å²) in [5.74, 6) is -5.03. The van der Waals surface area contributed by atoms with E-state index < -0.39 is 46.9 Å². The zero-order valence-electron chi connectivity index (χ0n) is 18.2. The molecule has 1 unspecified atom stereocenters. The van der Waals surface area contributed by atoms with Crippen molar-refractivity contribution >= 4 is 0 Å². The van der Waals surface area contributed by atoms with Gasteiger partial charge in [-0.1, -0.05) is 37.6 Å². The van der Waals surface area contributed by atoms with Crippen LogP contribution < -0.4 is 4.74 Å². The first kappa shape index (κ1) is 24.1. The van der Waals surface area contributed by atoms with Crippen LogP contribution in [0.2, 0.25) is 0 Å². The van der Waals surface area contributed by atoms with E-state index in [0.29, 0.717) is 12.0 Å². The summed E-state index contributed by atoms with van der Waals surface area (Å²) in [7, 11) is 0. The molecule has 1 aliphatic rings. The van der Waals surface area contributed by atoms with Gasteiger partial charge in [0.1, 0.15) is 17.4 Å². The van der Waals surface area contributed by atoms with Gasteiger partial charge in [0.25, 0.3) is 0 Å². The van der Waals surface area contributed by atoms with E-state index in [0.717, 1.165) is 42.7 Å². The zero-order valence-corrected chi connectivity index (χ0v) is 18.2. The van der Waals surface area contributed by atoms with Crippen molar-refractivity contribution in [3.8, 4) is 16.9 Å². The minimum absolute atomic E-state index is 0.00350. The average Bonchev–Trinajstić information content (AvgIpc) is 2.78. The van der Waals surface area contributed by atoms with Crippen molar-refractivity contribution in [3.05, 3.63) is 88.0 Å². The van der Waals surface area contributed by atoms with Crippen LogP contribution in [0.5, 0.6) is 5.75 Å². The van der Waals surface area contributed by atoms with Gasteiger partial charge in [-0.2, -0.15) is 0 Å². The first-order valence-electron chi connectivity index (χ1n) is 10.9. The van der Waals surface area contributed by atoms with Crippen molar-refractivity contribution in [2.24, 2.45) is 0 Å². The van der Waals surface area contributed by atoms with E-state index >= 15 is 8.78 Å². The molecule has 180 valence electrons. The van der Waals surface area contributed by atoms with Crippen LogP contribution >= 0.6 is 0 Å². The lowest BCUT2D eigenvalue weighted by atomic mass is 9.78. The van der Waals surface area contributed by atoms with Gasteiger partial charge in [-0.05, 0) is 77.6 Å². The van der Waals surface area contributed by atoms with Gasteiger partial charge in [0, 0.05) is 0 Å². The van der Waals surface area contributed by atoms with Crippen LogP contribution in [0, 0.1) is 23.3 Å². The molecule has 1 atom stereocenters. The summed E-state index contributed by atoms with van der Waals surface area (Å²) in [6, 6.07) is 8.78. The Labute approximate surface area is 192 Å². The van der Waals surface area contributed by atoms with Gasteiger partial charge < -0.3 is 4.74 Å². The molecule has 1 nitrogen and oxygen atoms in total. The second kappa shape index (κ2) is 9.31. The van der Waals surface area contributed by atoms with Crippen molar-refractivity contribution in [3.63, 3.8) is 0 Å². The van der Waals surface area contributed by atoms with Gasteiger partial charge in [0.2, 0.25) is 0 Å². The number of fused-ring (bicyclic) bond motifs is 1. The molecule has 3 aromatic carbocycles. The number of rotatable bonds is 5. The number of hydrogen-bond acceptors (Lipinski definition) is 1. The third-order valence-electron chi connectivity index (χ3n) is 6.14. The molecule has 0 N–H and O–H groups in total. The SMILES string of the molecule is CCCc1ccc(C2CCc3c(F)c(-c4ccc(OC(F)(F)F)cc4)c(F)c(F)c3C2)c(F)c1. The smallest absolute Gasteiger partial charge is 0.406 e. The molecule has 0 spiro atoms. The molecule has 34 heavy (non-hydrogen) atoms. The van der Waals surface area contributed by atoms with Gasteiger partial charge in [-0.25, -0.2) is 17.6 Å². The lowest BCUT2D eigenvalue weighted by molar-refractivity contribution is -0.274. The van der Waals surface area contributed by atoms with E-state index in [-0.39, 0.29) is 29.5 Å². The maximum atomic E-state index is 15.3. The summed E-state index contributed by atoms with van der Waals surface area (Å²) in [5, 5.41) is 0. The Morgan fingerprint density at radius 1 is 0.882 bits per heavy atom. The fraction of sp³-hybridized carbons (Fsp3) is 0.308. The Hall–Kier alpha value is -3.03. The topological polar surface area (TPSA) is 9.23 Å². The number of ether oxygens (including phenoxy) is 1. The molecule has 0 amide bonds. The lowest BCUT2D eigenvalue weighted by Gasteiger charge is -2.27. The second-order valence-electron chi connectivity index (χ2n) is 8.39. The van der Waals surface area contributed by atoms with Gasteiger partial charge in [-0.15, -0.1) is 13.2 Å². The van der Waals surface area contributed by atoms with Gasteiger partial charge in [0.05, 0.1) is 5.56 Å². The molecular weight excluding hydrogens is 461 g/mol. The van der Waals surface area contributed by atoms with Crippen LogP contribution in [-0.4, -0.2) is 6.36 Å². The van der Waals surface area contributed by atoms with Crippen LogP contribution in [0.1, 0.15) is 47.9 Å². The highest BCUT2D eigenvalue weighted by Crippen LogP contribution is 2.41. The maximum Gasteiger partial charge on any atom is 0.573 e. The van der Waals surface area contributed by atoms with E-state index in [1.807, 2.05) is 13.0 Å². The van der Waals surface area contributed by atoms with E-state index in [2.05, 4.69) is 4.74 Å². The van der Waals surface area contributed by atoms with Crippen LogP contribution in [0.15, 0.2) is 42.5 Å². The third kappa shape index (κ3) is 4.76. The van der Waals surface area contributed by atoms with Crippen molar-refractivity contribution in [2.45, 2.75) is 51.3 Å².